The number of nitrogens with zero attached hydrogens (tertiary/aromatic N) is 6. The second-order valence-corrected chi connectivity index (χ2v) is 17.1. The summed E-state index contributed by atoms with van der Waals surface area (Å²) in [5, 5.41) is 1.90. The van der Waals surface area contributed by atoms with Crippen LogP contribution in [0.3, 0.4) is 0 Å². The maximum atomic E-state index is 6.78. The summed E-state index contributed by atoms with van der Waals surface area (Å²) < 4.78 is 7.79. The normalized spacial score (nSPS) is 23.0. The molecule has 12 rings (SSSR count). The summed E-state index contributed by atoms with van der Waals surface area (Å²) in [6.07, 6.45) is 12.6. The van der Waals surface area contributed by atoms with E-state index in [1.165, 1.54) is 38.5 Å². The molecule has 4 fully saturated rings. The van der Waals surface area contributed by atoms with Crippen molar-refractivity contribution in [3.63, 3.8) is 0 Å². The zero-order valence-corrected chi connectivity index (χ0v) is 32.4. The summed E-state index contributed by atoms with van der Waals surface area (Å²) in [4.78, 5) is 37.2. The van der Waals surface area contributed by atoms with Gasteiger partial charge in [0, 0.05) is 5.39 Å². The molecule has 3 aromatic heterocycles. The molecule has 0 radical (unpaired) electrons. The summed E-state index contributed by atoms with van der Waals surface area (Å²) in [6.45, 7) is 2.32. The third kappa shape index (κ3) is 5.29. The monoisotopic (exact) mass is 743 g/mol. The van der Waals surface area contributed by atoms with Gasteiger partial charge in [0.25, 0.3) is 0 Å². The first-order chi connectivity index (χ1) is 25.9. The Morgan fingerprint density at radius 2 is 1.15 bits per heavy atom. The quantitative estimate of drug-likeness (QED) is 0.134. The van der Waals surface area contributed by atoms with Gasteiger partial charge in [0.2, 0.25) is 0 Å². The Hall–Kier alpha value is -5.05. The molecule has 4 aliphatic carbocycles. The van der Waals surface area contributed by atoms with Crippen LogP contribution in [-0.4, -0.2) is 50.3 Å². The van der Waals surface area contributed by atoms with Gasteiger partial charge >= 0.3 is 287 Å². The van der Waals surface area contributed by atoms with Crippen molar-refractivity contribution in [2.24, 2.45) is 23.2 Å². The van der Waals surface area contributed by atoms with Crippen LogP contribution in [0.25, 0.3) is 85.0 Å². The molecule has 4 saturated carbocycles. The van der Waals surface area contributed by atoms with Gasteiger partial charge in [0.15, 0.2) is 0 Å². The minimum atomic E-state index is 0.211. The zero-order chi connectivity index (χ0) is 35.3. The third-order valence-electron chi connectivity index (χ3n) is 12.2. The Labute approximate surface area is 315 Å². The first-order valence-electron chi connectivity index (χ1n) is 18.7. The molecule has 2 aliphatic heterocycles. The number of fused-ring (bicyclic) bond motifs is 17. The Balaban J connectivity index is 1.07. The van der Waals surface area contributed by atoms with Crippen LogP contribution >= 0.6 is 0 Å². The summed E-state index contributed by atoms with van der Waals surface area (Å²) >= 11 is 0.923. The molecule has 0 spiro atoms. The number of nitrogens with one attached hydrogen (secondary N) is 2. The van der Waals surface area contributed by atoms with Gasteiger partial charge in [-0.3, -0.25) is 0 Å². The molecule has 10 heteroatoms. The molecule has 53 heavy (non-hydrogen) atoms. The standard InChI is InChI=1S/C43H35N8O.Zn/c1-24(43-21-25-17-26(22-43)19-27(18-25)23-43)52-16-8-9-28-20-35-44-36(28)46-38-31-12-4-5-13-32(31)40(48-38)50-42-34-15-7-6-14-33(34)41(51-42)49-39-30-11-3-2-10-29(30)37(45-35)47-39;/h2-15,24-27H,17-19,21-23H2,1H3,(H2,44,45,46,47,48,49,50,51);/q-1;/b9-8-;. The average molecular weight is 745 g/mol. The molecule has 0 saturated heterocycles. The van der Waals surface area contributed by atoms with Gasteiger partial charge in [-0.15, -0.1) is 0 Å². The number of hydrogen-bond acceptors (Lipinski definition) is 7. The van der Waals surface area contributed by atoms with E-state index >= 15 is 0 Å². The van der Waals surface area contributed by atoms with E-state index in [2.05, 4.69) is 35.1 Å². The third-order valence-corrected chi connectivity index (χ3v) is 13.1. The van der Waals surface area contributed by atoms with Crippen LogP contribution in [0.1, 0.15) is 51.0 Å². The number of aromatic nitrogens is 8. The van der Waals surface area contributed by atoms with Gasteiger partial charge in [-0.1, -0.05) is 24.3 Å². The predicted molar refractivity (Wildman–Crippen MR) is 203 cm³/mol. The van der Waals surface area contributed by atoms with Crippen molar-refractivity contribution in [1.29, 1.82) is 0 Å². The van der Waals surface area contributed by atoms with Gasteiger partial charge in [0.05, 0.1) is 0 Å². The van der Waals surface area contributed by atoms with Crippen molar-refractivity contribution in [3.05, 3.63) is 90.5 Å². The van der Waals surface area contributed by atoms with E-state index in [4.69, 9.17) is 34.6 Å². The van der Waals surface area contributed by atoms with Crippen molar-refractivity contribution >= 4 is 43.7 Å². The maximum absolute atomic E-state index is 6.78. The van der Waals surface area contributed by atoms with Crippen LogP contribution in [0.2, 0.25) is 0 Å². The van der Waals surface area contributed by atoms with Gasteiger partial charge < -0.3 is 0 Å². The Morgan fingerprint density at radius 3 is 1.68 bits per heavy atom. The second-order valence-electron chi connectivity index (χ2n) is 15.6. The molecule has 5 heterocycles. The minimum absolute atomic E-state index is 0.211. The fourth-order valence-corrected chi connectivity index (χ4v) is 10.9. The van der Waals surface area contributed by atoms with E-state index in [0.29, 0.717) is 51.3 Å². The Kier molecular flexibility index (Phi) is 7.12. The van der Waals surface area contributed by atoms with E-state index in [0.717, 1.165) is 78.5 Å². The van der Waals surface area contributed by atoms with Gasteiger partial charge in [0.1, 0.15) is 0 Å². The van der Waals surface area contributed by atoms with Crippen molar-refractivity contribution in [3.8, 4) is 45.6 Å². The van der Waals surface area contributed by atoms with Gasteiger partial charge in [-0.05, 0) is 0 Å². The summed E-state index contributed by atoms with van der Waals surface area (Å²) in [6, 6.07) is 27.8. The summed E-state index contributed by atoms with van der Waals surface area (Å²) in [7, 11) is 0. The molecule has 0 amide bonds. The number of hydrogen-bond donors (Lipinski definition) is 2. The first-order valence-corrected chi connectivity index (χ1v) is 20.2. The molecule has 9 nitrogen and oxygen atoms in total. The topological polar surface area (TPSA) is 118 Å². The molecule has 6 aromatic rings. The van der Waals surface area contributed by atoms with Crippen LogP contribution in [0.4, 0.5) is 0 Å². The zero-order valence-electron chi connectivity index (χ0n) is 29.4. The van der Waals surface area contributed by atoms with E-state index < -0.39 is 0 Å². The number of ether oxygens (including phenoxy) is 1. The molecule has 12 bridgehead atoms. The molecular weight excluding hydrogens is 710 g/mol. The van der Waals surface area contributed by atoms with Crippen molar-refractivity contribution in [2.45, 2.75) is 51.6 Å². The Morgan fingerprint density at radius 1 is 0.679 bits per heavy atom. The summed E-state index contributed by atoms with van der Waals surface area (Å²) in [5.74, 6) is 4.99. The SMILES string of the molecule is CC(O[C](=[Zn])/C=C\c1[c-]c2nc3nc(nc4[nH]c(nc5nc(nc1[nH]2)-c1ccccc1-5)c1ccccc41)-c1ccccc1-3)C12CC3CC(CC(C3)C1)C2. The van der Waals surface area contributed by atoms with E-state index in [9.17, 15) is 0 Å². The van der Waals surface area contributed by atoms with E-state index in [1.807, 2.05) is 72.8 Å². The predicted octanol–water partition coefficient (Wildman–Crippen LogP) is 8.83. The second kappa shape index (κ2) is 12.0. The summed E-state index contributed by atoms with van der Waals surface area (Å²) in [5.41, 5.74) is 7.24. The fraction of sp³-hybridized carbons (Fsp3) is 0.279. The van der Waals surface area contributed by atoms with Crippen LogP contribution in [0.15, 0.2) is 78.9 Å². The molecule has 6 aliphatic rings. The van der Waals surface area contributed by atoms with Gasteiger partial charge in [-0.2, -0.15) is 0 Å². The fourth-order valence-electron chi connectivity index (χ4n) is 10.2. The van der Waals surface area contributed by atoms with Crippen LogP contribution < -0.4 is 0 Å². The number of benzene rings is 3. The molecule has 3 aromatic carbocycles. The van der Waals surface area contributed by atoms with E-state index in [-0.39, 0.29) is 6.10 Å². The number of aromatic amines is 2. The van der Waals surface area contributed by atoms with E-state index in [1.54, 1.807) is 0 Å². The molecule has 1 unspecified atom stereocenters. The molecular formula is C43H35N8OZn-. The molecule has 256 valence electrons. The average Bonchev–Trinajstić information content (AvgIpc) is 3.90. The van der Waals surface area contributed by atoms with Gasteiger partial charge in [-0.25, -0.2) is 0 Å². The molecule has 2 N–H and O–H groups in total. The van der Waals surface area contributed by atoms with Crippen molar-refractivity contribution in [1.82, 2.24) is 39.9 Å². The van der Waals surface area contributed by atoms with Crippen LogP contribution in [0.5, 0.6) is 0 Å². The number of H-pyrrole nitrogens is 2. The van der Waals surface area contributed by atoms with Crippen molar-refractivity contribution < 1.29 is 22.6 Å². The van der Waals surface area contributed by atoms with Crippen molar-refractivity contribution in [2.75, 3.05) is 0 Å². The Bertz CT molecular complexity index is 2680. The molecule has 1 atom stereocenters. The first kappa shape index (κ1) is 31.5. The number of rotatable bonds is 5. The van der Waals surface area contributed by atoms with Crippen LogP contribution in [0, 0.1) is 29.2 Å². The van der Waals surface area contributed by atoms with Crippen LogP contribution in [-0.2, 0) is 22.6 Å².